The summed E-state index contributed by atoms with van der Waals surface area (Å²) in [4.78, 5) is 10.2. The highest BCUT2D eigenvalue weighted by atomic mass is 16.4. The topological polar surface area (TPSA) is 50.4 Å². The van der Waals surface area contributed by atoms with E-state index in [1.54, 1.807) is 19.4 Å². The van der Waals surface area contributed by atoms with Crippen molar-refractivity contribution in [3.63, 3.8) is 0 Å². The second-order valence-corrected chi connectivity index (χ2v) is 1.80. The standard InChI is InChI=1S/C7H7O3/c1-2-5-3-4-6(10-5)7(8)9/h2-4H,1H3,(H,8,9). The van der Waals surface area contributed by atoms with Gasteiger partial charge in [0.1, 0.15) is 5.76 Å². The van der Waals surface area contributed by atoms with Crippen LogP contribution in [0.1, 0.15) is 23.2 Å². The zero-order valence-electron chi connectivity index (χ0n) is 5.50. The van der Waals surface area contributed by atoms with Crippen LogP contribution in [0.2, 0.25) is 0 Å². The summed E-state index contributed by atoms with van der Waals surface area (Å²) < 4.78 is 4.84. The molecule has 0 aliphatic rings. The van der Waals surface area contributed by atoms with Gasteiger partial charge < -0.3 is 9.52 Å². The molecule has 10 heavy (non-hydrogen) atoms. The van der Waals surface area contributed by atoms with E-state index in [2.05, 4.69) is 0 Å². The molecule has 0 aliphatic carbocycles. The van der Waals surface area contributed by atoms with Crippen LogP contribution in [0, 0.1) is 6.42 Å². The van der Waals surface area contributed by atoms with Gasteiger partial charge in [-0.3, -0.25) is 0 Å². The van der Waals surface area contributed by atoms with Gasteiger partial charge in [-0.05, 0) is 12.1 Å². The van der Waals surface area contributed by atoms with Gasteiger partial charge >= 0.3 is 5.97 Å². The van der Waals surface area contributed by atoms with E-state index in [0.717, 1.165) is 0 Å². The molecule has 3 nitrogen and oxygen atoms in total. The molecule has 0 bridgehead atoms. The summed E-state index contributed by atoms with van der Waals surface area (Å²) in [6.07, 6.45) is 1.70. The molecule has 0 unspecified atom stereocenters. The van der Waals surface area contributed by atoms with E-state index in [1.165, 1.54) is 6.07 Å². The average molecular weight is 139 g/mol. The summed E-state index contributed by atoms with van der Waals surface area (Å²) in [5.74, 6) is -0.474. The number of carboxylic acid groups (broad SMARTS) is 1. The first-order chi connectivity index (χ1) is 4.74. The molecule has 0 aliphatic heterocycles. The van der Waals surface area contributed by atoms with Crippen LogP contribution in [0.15, 0.2) is 16.5 Å². The van der Waals surface area contributed by atoms with Gasteiger partial charge in [0.25, 0.3) is 0 Å². The average Bonchev–Trinajstić information content (AvgIpc) is 2.34. The van der Waals surface area contributed by atoms with Crippen molar-refractivity contribution in [3.8, 4) is 0 Å². The largest absolute Gasteiger partial charge is 0.475 e. The predicted molar refractivity (Wildman–Crippen MR) is 34.7 cm³/mol. The van der Waals surface area contributed by atoms with Crippen molar-refractivity contribution < 1.29 is 14.3 Å². The first kappa shape index (κ1) is 6.86. The second-order valence-electron chi connectivity index (χ2n) is 1.80. The SMILES string of the molecule is C[CH]c1ccc(C(=O)O)o1. The molecule has 1 radical (unpaired) electrons. The van der Waals surface area contributed by atoms with Crippen LogP contribution >= 0.6 is 0 Å². The Morgan fingerprint density at radius 2 is 2.40 bits per heavy atom. The molecule has 1 aromatic heterocycles. The normalized spacial score (nSPS) is 9.70. The van der Waals surface area contributed by atoms with E-state index < -0.39 is 5.97 Å². The smallest absolute Gasteiger partial charge is 0.371 e. The zero-order chi connectivity index (χ0) is 7.56. The number of furan rings is 1. The molecule has 0 atom stereocenters. The Bertz CT molecular complexity index is 237. The van der Waals surface area contributed by atoms with Crippen LogP contribution in [-0.2, 0) is 0 Å². The van der Waals surface area contributed by atoms with Gasteiger partial charge in [-0.25, -0.2) is 4.79 Å². The summed E-state index contributed by atoms with van der Waals surface area (Å²) in [5, 5.41) is 8.39. The molecule has 0 saturated heterocycles. The number of carbonyl (C=O) groups is 1. The van der Waals surface area contributed by atoms with E-state index in [0.29, 0.717) is 5.76 Å². The first-order valence-electron chi connectivity index (χ1n) is 2.86. The summed E-state index contributed by atoms with van der Waals surface area (Å²) in [7, 11) is 0. The monoisotopic (exact) mass is 139 g/mol. The first-order valence-corrected chi connectivity index (χ1v) is 2.86. The van der Waals surface area contributed by atoms with E-state index >= 15 is 0 Å². The Morgan fingerprint density at radius 3 is 2.70 bits per heavy atom. The highest BCUT2D eigenvalue weighted by Crippen LogP contribution is 2.08. The van der Waals surface area contributed by atoms with Gasteiger partial charge in [0.05, 0.1) is 0 Å². The molecule has 0 spiro atoms. The zero-order valence-corrected chi connectivity index (χ0v) is 5.50. The quantitative estimate of drug-likeness (QED) is 0.676. The predicted octanol–water partition coefficient (Wildman–Crippen LogP) is 1.55. The van der Waals surface area contributed by atoms with Crippen LogP contribution in [0.25, 0.3) is 0 Å². The van der Waals surface area contributed by atoms with Crippen molar-refractivity contribution in [1.29, 1.82) is 0 Å². The Hall–Kier alpha value is -1.25. The minimum Gasteiger partial charge on any atom is -0.475 e. The molecule has 0 aromatic carbocycles. The van der Waals surface area contributed by atoms with Crippen LogP contribution in [-0.4, -0.2) is 11.1 Å². The third-order valence-corrected chi connectivity index (χ3v) is 1.12. The fraction of sp³-hybridized carbons (Fsp3) is 0.143. The molecular formula is C7H7O3. The molecule has 1 aromatic rings. The number of hydrogen-bond donors (Lipinski definition) is 1. The Kier molecular flexibility index (Phi) is 1.76. The van der Waals surface area contributed by atoms with Gasteiger partial charge in [-0.15, -0.1) is 0 Å². The van der Waals surface area contributed by atoms with E-state index in [9.17, 15) is 4.79 Å². The van der Waals surface area contributed by atoms with Crippen LogP contribution in [0.4, 0.5) is 0 Å². The van der Waals surface area contributed by atoms with Crippen LogP contribution in [0.3, 0.4) is 0 Å². The third kappa shape index (κ3) is 1.18. The fourth-order valence-corrected chi connectivity index (χ4v) is 0.623. The second kappa shape index (κ2) is 2.56. The lowest BCUT2D eigenvalue weighted by molar-refractivity contribution is 0.0661. The van der Waals surface area contributed by atoms with Crippen molar-refractivity contribution in [2.45, 2.75) is 6.92 Å². The molecule has 0 saturated carbocycles. The maximum atomic E-state index is 10.2. The van der Waals surface area contributed by atoms with Gasteiger partial charge in [0, 0.05) is 6.42 Å². The fourth-order valence-electron chi connectivity index (χ4n) is 0.623. The minimum absolute atomic E-state index is 0.0203. The van der Waals surface area contributed by atoms with E-state index in [1.807, 2.05) is 0 Å². The van der Waals surface area contributed by atoms with Crippen molar-refractivity contribution >= 4 is 5.97 Å². The van der Waals surface area contributed by atoms with Crippen molar-refractivity contribution in [1.82, 2.24) is 0 Å². The van der Waals surface area contributed by atoms with Crippen LogP contribution < -0.4 is 0 Å². The van der Waals surface area contributed by atoms with Gasteiger partial charge in [0.15, 0.2) is 0 Å². The summed E-state index contributed by atoms with van der Waals surface area (Å²) in [6, 6.07) is 3.04. The van der Waals surface area contributed by atoms with Gasteiger partial charge in [0.2, 0.25) is 5.76 Å². The molecule has 3 heteroatoms. The number of rotatable bonds is 2. The molecule has 1 N–H and O–H groups in total. The van der Waals surface area contributed by atoms with Gasteiger partial charge in [-0.1, -0.05) is 6.92 Å². The molecule has 1 rings (SSSR count). The Balaban J connectivity index is 2.88. The number of carboxylic acids is 1. The lowest BCUT2D eigenvalue weighted by atomic mass is 10.4. The number of hydrogen-bond acceptors (Lipinski definition) is 2. The van der Waals surface area contributed by atoms with E-state index in [4.69, 9.17) is 9.52 Å². The maximum absolute atomic E-state index is 10.2. The van der Waals surface area contributed by atoms with Crippen molar-refractivity contribution in [3.05, 3.63) is 30.1 Å². The lowest BCUT2D eigenvalue weighted by Gasteiger charge is -1.85. The van der Waals surface area contributed by atoms with E-state index in [-0.39, 0.29) is 5.76 Å². The van der Waals surface area contributed by atoms with Crippen molar-refractivity contribution in [2.24, 2.45) is 0 Å². The minimum atomic E-state index is -1.03. The van der Waals surface area contributed by atoms with Crippen LogP contribution in [0.5, 0.6) is 0 Å². The highest BCUT2D eigenvalue weighted by Gasteiger charge is 2.06. The highest BCUT2D eigenvalue weighted by molar-refractivity contribution is 5.84. The Morgan fingerprint density at radius 1 is 1.70 bits per heavy atom. The molecule has 53 valence electrons. The van der Waals surface area contributed by atoms with Gasteiger partial charge in [-0.2, -0.15) is 0 Å². The molecular weight excluding hydrogens is 132 g/mol. The summed E-state index contributed by atoms with van der Waals surface area (Å²) in [6.45, 7) is 1.78. The maximum Gasteiger partial charge on any atom is 0.371 e. The summed E-state index contributed by atoms with van der Waals surface area (Å²) in [5.41, 5.74) is 0. The summed E-state index contributed by atoms with van der Waals surface area (Å²) >= 11 is 0. The molecule has 0 amide bonds. The number of aromatic carboxylic acids is 1. The lowest BCUT2D eigenvalue weighted by Crippen LogP contribution is -1.91. The third-order valence-electron chi connectivity index (χ3n) is 1.12. The molecule has 0 fully saturated rings. The Labute approximate surface area is 58.3 Å². The van der Waals surface area contributed by atoms with Crippen molar-refractivity contribution in [2.75, 3.05) is 0 Å². The molecule has 1 heterocycles.